The first-order valence-corrected chi connectivity index (χ1v) is 7.11. The van der Waals surface area contributed by atoms with Crippen LogP contribution in [0.25, 0.3) is 0 Å². The average molecular weight is 313 g/mol. The van der Waals surface area contributed by atoms with Crippen LogP contribution in [0.4, 0.5) is 0 Å². The second-order valence-electron chi connectivity index (χ2n) is 5.41. The maximum Gasteiger partial charge on any atom is 0.137 e. The highest BCUT2D eigenvalue weighted by Crippen LogP contribution is 2.33. The third kappa shape index (κ3) is 2.87. The molecule has 0 radical (unpaired) electrons. The zero-order valence-corrected chi connectivity index (χ0v) is 12.7. The summed E-state index contributed by atoms with van der Waals surface area (Å²) in [5, 5.41) is 0. The van der Waals surface area contributed by atoms with Crippen LogP contribution in [0.3, 0.4) is 0 Å². The van der Waals surface area contributed by atoms with E-state index < -0.39 is 0 Å². The number of para-hydroxylation sites is 1. The summed E-state index contributed by atoms with van der Waals surface area (Å²) >= 11 is 3.53. The fourth-order valence-electron chi connectivity index (χ4n) is 2.58. The van der Waals surface area contributed by atoms with Crippen LogP contribution >= 0.6 is 15.9 Å². The highest BCUT2D eigenvalue weighted by atomic mass is 79.9. The monoisotopic (exact) mass is 312 g/mol. The Hall–Kier alpha value is -0.580. The largest absolute Gasteiger partial charge is 0.495 e. The van der Waals surface area contributed by atoms with E-state index >= 15 is 0 Å². The summed E-state index contributed by atoms with van der Waals surface area (Å²) in [5.74, 6) is 0.943. The minimum Gasteiger partial charge on any atom is -0.495 e. The molecule has 2 N–H and O–H groups in total. The molecule has 0 bridgehead atoms. The fourth-order valence-corrected chi connectivity index (χ4v) is 3.14. The number of ether oxygens (including phenoxy) is 1. The van der Waals surface area contributed by atoms with Crippen LogP contribution < -0.4 is 10.5 Å². The number of methoxy groups -OCH3 is 1. The quantitative estimate of drug-likeness (QED) is 0.929. The molecule has 0 amide bonds. The number of nitrogens with zero attached hydrogens (tertiary/aromatic N) is 1. The first-order valence-electron chi connectivity index (χ1n) is 6.32. The van der Waals surface area contributed by atoms with Gasteiger partial charge in [-0.1, -0.05) is 19.1 Å². The smallest absolute Gasteiger partial charge is 0.137 e. The van der Waals surface area contributed by atoms with E-state index in [0.717, 1.165) is 36.4 Å². The van der Waals surface area contributed by atoms with Gasteiger partial charge in [-0.25, -0.2) is 0 Å². The molecule has 100 valence electrons. The van der Waals surface area contributed by atoms with Crippen molar-refractivity contribution in [2.75, 3.05) is 26.7 Å². The van der Waals surface area contributed by atoms with E-state index in [1.54, 1.807) is 7.11 Å². The Bertz CT molecular complexity index is 424. The molecule has 0 aliphatic carbocycles. The van der Waals surface area contributed by atoms with Gasteiger partial charge in [-0.15, -0.1) is 0 Å². The topological polar surface area (TPSA) is 38.5 Å². The second-order valence-corrected chi connectivity index (χ2v) is 6.26. The van der Waals surface area contributed by atoms with Crippen molar-refractivity contribution in [2.45, 2.75) is 19.9 Å². The molecule has 1 aromatic carbocycles. The van der Waals surface area contributed by atoms with Crippen molar-refractivity contribution in [3.63, 3.8) is 0 Å². The molecule has 4 heteroatoms. The molecule has 1 aromatic rings. The maximum atomic E-state index is 5.84. The molecule has 1 unspecified atom stereocenters. The number of hydrogen-bond donors (Lipinski definition) is 1. The van der Waals surface area contributed by atoms with Gasteiger partial charge in [0.15, 0.2) is 0 Å². The second kappa shape index (κ2) is 5.59. The number of rotatable bonds is 4. The Morgan fingerprint density at radius 3 is 2.89 bits per heavy atom. The van der Waals surface area contributed by atoms with Gasteiger partial charge in [-0.05, 0) is 46.9 Å². The predicted octanol–water partition coefficient (Wildman–Crippen LogP) is 2.63. The molecule has 3 nitrogen and oxygen atoms in total. The molecule has 1 heterocycles. The predicted molar refractivity (Wildman–Crippen MR) is 77.7 cm³/mol. The van der Waals surface area contributed by atoms with Crippen LogP contribution in [0, 0.1) is 5.41 Å². The van der Waals surface area contributed by atoms with Gasteiger partial charge < -0.3 is 10.5 Å². The SMILES string of the molecule is COc1c(Br)cccc1CN1CCC(C)(CN)C1. The third-order valence-corrected chi connectivity index (χ3v) is 4.40. The first kappa shape index (κ1) is 13.8. The molecular weight excluding hydrogens is 292 g/mol. The molecule has 1 aliphatic heterocycles. The van der Waals surface area contributed by atoms with Crippen LogP contribution in [0.15, 0.2) is 22.7 Å². The van der Waals surface area contributed by atoms with E-state index in [9.17, 15) is 0 Å². The zero-order valence-electron chi connectivity index (χ0n) is 11.1. The summed E-state index contributed by atoms with van der Waals surface area (Å²) in [7, 11) is 1.72. The number of halogens is 1. The number of nitrogens with two attached hydrogens (primary N) is 1. The minimum atomic E-state index is 0.277. The zero-order chi connectivity index (χ0) is 13.2. The molecule has 1 fully saturated rings. The molecule has 1 saturated heterocycles. The Labute approximate surface area is 117 Å². The van der Waals surface area contributed by atoms with Gasteiger partial charge in [0.1, 0.15) is 5.75 Å². The van der Waals surface area contributed by atoms with Crippen molar-refractivity contribution in [3.05, 3.63) is 28.2 Å². The van der Waals surface area contributed by atoms with Crippen molar-refractivity contribution in [3.8, 4) is 5.75 Å². The van der Waals surface area contributed by atoms with Crippen LogP contribution in [0.5, 0.6) is 5.75 Å². The number of benzene rings is 1. The molecule has 0 spiro atoms. The molecule has 1 atom stereocenters. The van der Waals surface area contributed by atoms with E-state index in [0.29, 0.717) is 0 Å². The fraction of sp³-hybridized carbons (Fsp3) is 0.571. The summed E-state index contributed by atoms with van der Waals surface area (Å²) < 4.78 is 6.48. The van der Waals surface area contributed by atoms with Gasteiger partial charge in [0.05, 0.1) is 11.6 Å². The van der Waals surface area contributed by atoms with E-state index in [4.69, 9.17) is 10.5 Å². The summed E-state index contributed by atoms with van der Waals surface area (Å²) in [4.78, 5) is 2.46. The molecule has 0 aromatic heterocycles. The van der Waals surface area contributed by atoms with Crippen molar-refractivity contribution in [1.82, 2.24) is 4.90 Å². The molecule has 2 rings (SSSR count). The van der Waals surface area contributed by atoms with Gasteiger partial charge in [0, 0.05) is 18.7 Å². The maximum absolute atomic E-state index is 5.84. The Morgan fingerprint density at radius 2 is 2.28 bits per heavy atom. The number of hydrogen-bond acceptors (Lipinski definition) is 3. The van der Waals surface area contributed by atoms with E-state index in [1.807, 2.05) is 6.07 Å². The minimum absolute atomic E-state index is 0.277. The van der Waals surface area contributed by atoms with Crippen LogP contribution in [0.1, 0.15) is 18.9 Å². The summed E-state index contributed by atoms with van der Waals surface area (Å²) in [6.07, 6.45) is 1.18. The van der Waals surface area contributed by atoms with Crippen molar-refractivity contribution in [2.24, 2.45) is 11.1 Å². The van der Waals surface area contributed by atoms with Gasteiger partial charge >= 0.3 is 0 Å². The lowest BCUT2D eigenvalue weighted by Gasteiger charge is -2.23. The third-order valence-electron chi connectivity index (χ3n) is 3.78. The van der Waals surface area contributed by atoms with Crippen LogP contribution in [-0.2, 0) is 6.54 Å². The molecule has 1 aliphatic rings. The summed E-state index contributed by atoms with van der Waals surface area (Å²) in [6, 6.07) is 6.19. The van der Waals surface area contributed by atoms with Crippen molar-refractivity contribution in [1.29, 1.82) is 0 Å². The Balaban J connectivity index is 2.09. The van der Waals surface area contributed by atoms with E-state index in [-0.39, 0.29) is 5.41 Å². The van der Waals surface area contributed by atoms with Crippen LogP contribution in [-0.4, -0.2) is 31.6 Å². The van der Waals surface area contributed by atoms with Gasteiger partial charge in [-0.2, -0.15) is 0 Å². The lowest BCUT2D eigenvalue weighted by molar-refractivity contribution is 0.270. The Morgan fingerprint density at radius 1 is 1.50 bits per heavy atom. The van der Waals surface area contributed by atoms with Crippen LogP contribution in [0.2, 0.25) is 0 Å². The molecule has 18 heavy (non-hydrogen) atoms. The summed E-state index contributed by atoms with van der Waals surface area (Å²) in [6.45, 7) is 6.14. The first-order chi connectivity index (χ1) is 8.58. The lowest BCUT2D eigenvalue weighted by Crippen LogP contribution is -2.31. The molecule has 0 saturated carbocycles. The van der Waals surface area contributed by atoms with Crippen molar-refractivity contribution >= 4 is 15.9 Å². The Kier molecular flexibility index (Phi) is 4.30. The number of likely N-dealkylation sites (tertiary alicyclic amines) is 1. The standard InChI is InChI=1S/C14H21BrN2O/c1-14(9-16)6-7-17(10-14)8-11-4-3-5-12(15)13(11)18-2/h3-5H,6-10,16H2,1-2H3. The van der Waals surface area contributed by atoms with Gasteiger partial charge in [-0.3, -0.25) is 4.90 Å². The van der Waals surface area contributed by atoms with Crippen molar-refractivity contribution < 1.29 is 4.74 Å². The molecular formula is C14H21BrN2O. The normalized spacial score (nSPS) is 24.4. The lowest BCUT2D eigenvalue weighted by atomic mass is 9.90. The highest BCUT2D eigenvalue weighted by Gasteiger charge is 2.32. The summed E-state index contributed by atoms with van der Waals surface area (Å²) in [5.41, 5.74) is 7.35. The highest BCUT2D eigenvalue weighted by molar-refractivity contribution is 9.10. The van der Waals surface area contributed by atoms with Gasteiger partial charge in [0.2, 0.25) is 0 Å². The van der Waals surface area contributed by atoms with E-state index in [1.165, 1.54) is 12.0 Å². The van der Waals surface area contributed by atoms with Gasteiger partial charge in [0.25, 0.3) is 0 Å². The van der Waals surface area contributed by atoms with E-state index in [2.05, 4.69) is 39.9 Å². The average Bonchev–Trinajstić information content (AvgIpc) is 2.72.